The maximum Gasteiger partial charge on any atom is 0.323 e. The van der Waals surface area contributed by atoms with Crippen LogP contribution in [0.1, 0.15) is 12.5 Å². The number of hydrogen-bond acceptors (Lipinski definition) is 3. The van der Waals surface area contributed by atoms with Gasteiger partial charge in [-0.3, -0.25) is 4.79 Å². The zero-order valence-corrected chi connectivity index (χ0v) is 14.7. The monoisotopic (exact) mass is 359 g/mol. The fourth-order valence-corrected chi connectivity index (χ4v) is 3.04. The molecule has 0 atom stereocenters. The van der Waals surface area contributed by atoms with Gasteiger partial charge in [0.25, 0.3) is 0 Å². The number of likely N-dealkylation sites (N-methyl/N-ethyl adjacent to an activating group) is 1. The average Bonchev–Trinajstić information content (AvgIpc) is 2.89. The van der Waals surface area contributed by atoms with E-state index in [1.54, 1.807) is 29.2 Å². The molecule has 1 aliphatic rings. The highest BCUT2D eigenvalue weighted by molar-refractivity contribution is 6.31. The largest absolute Gasteiger partial charge is 0.495 e. The summed E-state index contributed by atoms with van der Waals surface area (Å²) in [5, 5.41) is 5.96. The Balaban J connectivity index is 1.74. The molecule has 0 unspecified atom stereocenters. The number of urea groups is 1. The summed E-state index contributed by atoms with van der Waals surface area (Å²) in [6, 6.07) is 9.99. The van der Waals surface area contributed by atoms with Crippen molar-refractivity contribution in [2.45, 2.75) is 13.3 Å². The minimum absolute atomic E-state index is 0.0720. The maximum atomic E-state index is 12.2. The Morgan fingerprint density at radius 3 is 2.76 bits per heavy atom. The summed E-state index contributed by atoms with van der Waals surface area (Å²) >= 11 is 5.96. The van der Waals surface area contributed by atoms with Crippen molar-refractivity contribution in [2.24, 2.45) is 0 Å². The molecule has 2 N–H and O–H groups in total. The van der Waals surface area contributed by atoms with E-state index in [1.165, 1.54) is 7.11 Å². The summed E-state index contributed by atoms with van der Waals surface area (Å²) < 4.78 is 5.20. The minimum Gasteiger partial charge on any atom is -0.495 e. The van der Waals surface area contributed by atoms with Gasteiger partial charge in [0.15, 0.2) is 0 Å². The quantitative estimate of drug-likeness (QED) is 0.869. The topological polar surface area (TPSA) is 70.7 Å². The van der Waals surface area contributed by atoms with Crippen LogP contribution in [0.25, 0.3) is 0 Å². The number of ether oxygens (including phenoxy) is 1. The van der Waals surface area contributed by atoms with Crippen LogP contribution in [0, 0.1) is 0 Å². The number of nitrogens with one attached hydrogen (secondary N) is 2. The Morgan fingerprint density at radius 2 is 2.04 bits per heavy atom. The number of amides is 3. The highest BCUT2D eigenvalue weighted by atomic mass is 35.5. The average molecular weight is 360 g/mol. The van der Waals surface area contributed by atoms with Gasteiger partial charge >= 0.3 is 6.03 Å². The van der Waals surface area contributed by atoms with Crippen LogP contribution >= 0.6 is 11.6 Å². The van der Waals surface area contributed by atoms with Crippen LogP contribution in [-0.4, -0.2) is 25.6 Å². The fourth-order valence-electron chi connectivity index (χ4n) is 2.87. The third-order valence-corrected chi connectivity index (χ3v) is 4.23. The van der Waals surface area contributed by atoms with Crippen molar-refractivity contribution in [1.82, 2.24) is 0 Å². The van der Waals surface area contributed by atoms with Gasteiger partial charge in [0.1, 0.15) is 5.75 Å². The second-order valence-electron chi connectivity index (χ2n) is 5.58. The maximum absolute atomic E-state index is 12.2. The number of halogens is 1. The van der Waals surface area contributed by atoms with Gasteiger partial charge in [-0.2, -0.15) is 0 Å². The Labute approximate surface area is 150 Å². The smallest absolute Gasteiger partial charge is 0.323 e. The first-order chi connectivity index (χ1) is 12.0. The first kappa shape index (κ1) is 17.1. The molecule has 25 heavy (non-hydrogen) atoms. The van der Waals surface area contributed by atoms with E-state index < -0.39 is 6.03 Å². The molecule has 3 amide bonds. The molecule has 2 aromatic carbocycles. The summed E-state index contributed by atoms with van der Waals surface area (Å²) in [6.45, 7) is 2.57. The van der Waals surface area contributed by atoms with E-state index in [-0.39, 0.29) is 5.91 Å². The molecule has 0 spiro atoms. The summed E-state index contributed by atoms with van der Waals surface area (Å²) in [5.41, 5.74) is 2.89. The molecule has 0 fully saturated rings. The number of benzene rings is 2. The van der Waals surface area contributed by atoms with E-state index in [4.69, 9.17) is 16.3 Å². The van der Waals surface area contributed by atoms with Crippen LogP contribution in [0.2, 0.25) is 5.02 Å². The predicted molar refractivity (Wildman–Crippen MR) is 98.8 cm³/mol. The minimum atomic E-state index is -0.419. The van der Waals surface area contributed by atoms with E-state index in [0.29, 0.717) is 35.1 Å². The first-order valence-corrected chi connectivity index (χ1v) is 8.24. The summed E-state index contributed by atoms with van der Waals surface area (Å²) in [4.78, 5) is 25.9. The molecular weight excluding hydrogens is 342 g/mol. The van der Waals surface area contributed by atoms with Crippen LogP contribution < -0.4 is 20.3 Å². The molecule has 130 valence electrons. The van der Waals surface area contributed by atoms with Crippen LogP contribution in [0.15, 0.2) is 36.4 Å². The number of rotatable bonds is 4. The second-order valence-corrected chi connectivity index (χ2v) is 6.02. The molecule has 1 aliphatic heterocycles. The third kappa shape index (κ3) is 3.53. The van der Waals surface area contributed by atoms with Crippen LogP contribution in [-0.2, 0) is 11.2 Å². The molecule has 0 saturated heterocycles. The number of fused-ring (bicyclic) bond motifs is 1. The number of hydrogen-bond donors (Lipinski definition) is 2. The summed E-state index contributed by atoms with van der Waals surface area (Å²) in [7, 11) is 1.52. The highest BCUT2D eigenvalue weighted by Gasteiger charge is 2.26. The molecule has 0 saturated carbocycles. The number of carbonyl (C=O) groups excluding carboxylic acids is 2. The van der Waals surface area contributed by atoms with Crippen molar-refractivity contribution >= 4 is 40.6 Å². The number of carbonyl (C=O) groups is 2. The molecule has 3 rings (SSSR count). The summed E-state index contributed by atoms with van der Waals surface area (Å²) in [5.74, 6) is 0.584. The van der Waals surface area contributed by atoms with Crippen molar-refractivity contribution < 1.29 is 14.3 Å². The van der Waals surface area contributed by atoms with E-state index in [9.17, 15) is 9.59 Å². The molecule has 0 bridgehead atoms. The number of nitrogens with zero attached hydrogens (tertiary/aromatic N) is 1. The Morgan fingerprint density at radius 1 is 1.24 bits per heavy atom. The van der Waals surface area contributed by atoms with Crippen molar-refractivity contribution in [3.05, 3.63) is 47.0 Å². The molecule has 2 aromatic rings. The zero-order chi connectivity index (χ0) is 18.0. The lowest BCUT2D eigenvalue weighted by Gasteiger charge is -2.15. The van der Waals surface area contributed by atoms with Gasteiger partial charge in [0.2, 0.25) is 5.91 Å². The van der Waals surface area contributed by atoms with Gasteiger partial charge in [-0.15, -0.1) is 0 Å². The number of methoxy groups -OCH3 is 1. The lowest BCUT2D eigenvalue weighted by Crippen LogP contribution is -2.25. The van der Waals surface area contributed by atoms with Crippen molar-refractivity contribution in [3.8, 4) is 5.75 Å². The lowest BCUT2D eigenvalue weighted by atomic mass is 10.1. The first-order valence-electron chi connectivity index (χ1n) is 7.86. The van der Waals surface area contributed by atoms with Crippen molar-refractivity contribution in [2.75, 3.05) is 29.2 Å². The van der Waals surface area contributed by atoms with Crippen molar-refractivity contribution in [1.29, 1.82) is 0 Å². The van der Waals surface area contributed by atoms with E-state index in [1.807, 2.05) is 19.1 Å². The Hall–Kier alpha value is -2.73. The molecule has 1 heterocycles. The molecule has 7 heteroatoms. The van der Waals surface area contributed by atoms with Crippen molar-refractivity contribution in [3.63, 3.8) is 0 Å². The highest BCUT2D eigenvalue weighted by Crippen LogP contribution is 2.31. The summed E-state index contributed by atoms with van der Waals surface area (Å²) in [6.07, 6.45) is 0.350. The predicted octanol–water partition coefficient (Wildman–Crippen LogP) is 3.90. The van der Waals surface area contributed by atoms with E-state index in [2.05, 4.69) is 10.6 Å². The second kappa shape index (κ2) is 7.03. The van der Waals surface area contributed by atoms with Crippen LogP contribution in [0.5, 0.6) is 5.75 Å². The molecule has 0 radical (unpaired) electrons. The van der Waals surface area contributed by atoms with Gasteiger partial charge in [-0.1, -0.05) is 11.6 Å². The van der Waals surface area contributed by atoms with Gasteiger partial charge in [-0.25, -0.2) is 4.79 Å². The van der Waals surface area contributed by atoms with Gasteiger partial charge in [0, 0.05) is 22.9 Å². The standard InChI is InChI=1S/C18H18ClN3O3/c1-3-22-15-6-5-13(8-11(15)9-17(22)23)20-18(24)21-14-10-12(19)4-7-16(14)25-2/h4-8,10H,3,9H2,1-2H3,(H2,20,21,24). The number of anilines is 3. The van der Waals surface area contributed by atoms with E-state index in [0.717, 1.165) is 11.3 Å². The van der Waals surface area contributed by atoms with E-state index >= 15 is 0 Å². The molecule has 0 aromatic heterocycles. The van der Waals surface area contributed by atoms with Crippen LogP contribution in [0.3, 0.4) is 0 Å². The van der Waals surface area contributed by atoms with Gasteiger partial charge in [-0.05, 0) is 48.9 Å². The Kier molecular flexibility index (Phi) is 4.81. The normalized spacial score (nSPS) is 12.8. The lowest BCUT2D eigenvalue weighted by molar-refractivity contribution is -0.117. The van der Waals surface area contributed by atoms with Gasteiger partial charge < -0.3 is 20.3 Å². The zero-order valence-electron chi connectivity index (χ0n) is 13.9. The van der Waals surface area contributed by atoms with Crippen LogP contribution in [0.4, 0.5) is 21.9 Å². The SMILES string of the molecule is CCN1C(=O)Cc2cc(NC(=O)Nc3cc(Cl)ccc3OC)ccc21. The molecular formula is C18H18ClN3O3. The Bertz CT molecular complexity index is 838. The molecule has 0 aliphatic carbocycles. The fraction of sp³-hybridized carbons (Fsp3) is 0.222. The van der Waals surface area contributed by atoms with Gasteiger partial charge in [0.05, 0.1) is 19.2 Å². The molecule has 6 nitrogen and oxygen atoms in total. The third-order valence-electron chi connectivity index (χ3n) is 4.00.